The first kappa shape index (κ1) is 15.5. The van der Waals surface area contributed by atoms with Crippen LogP contribution in [-0.2, 0) is 4.79 Å². The maximum Gasteiger partial charge on any atom is 0.230 e. The quantitative estimate of drug-likeness (QED) is 0.754. The summed E-state index contributed by atoms with van der Waals surface area (Å²) < 4.78 is 1.62. The van der Waals surface area contributed by atoms with Crippen molar-refractivity contribution in [3.8, 4) is 5.69 Å². The number of hydrogen-bond donors (Lipinski definition) is 2. The second-order valence-electron chi connectivity index (χ2n) is 4.53. The van der Waals surface area contributed by atoms with E-state index >= 15 is 0 Å². The van der Waals surface area contributed by atoms with Crippen molar-refractivity contribution in [1.29, 1.82) is 0 Å². The van der Waals surface area contributed by atoms with Crippen molar-refractivity contribution in [2.75, 3.05) is 18.9 Å². The molecule has 0 atom stereocenters. The maximum absolute atomic E-state index is 11.5. The number of nitrogens with zero attached hydrogens (tertiary/aromatic N) is 4. The van der Waals surface area contributed by atoms with Gasteiger partial charge in [-0.15, -0.1) is 5.10 Å². The average Bonchev–Trinajstić information content (AvgIpc) is 2.91. The van der Waals surface area contributed by atoms with Crippen molar-refractivity contribution in [3.63, 3.8) is 0 Å². The summed E-state index contributed by atoms with van der Waals surface area (Å²) in [4.78, 5) is 11.5. The lowest BCUT2D eigenvalue weighted by atomic mass is 10.1. The standard InChI is InChI=1S/C13H17N5O2S/c1-9-3-4-11(10(2)7-9)18-13(15-16-17-18)21-8-12(20)14-5-6-19/h3-4,7,19H,5-6,8H2,1-2H3,(H,14,20). The summed E-state index contributed by atoms with van der Waals surface area (Å²) in [6.45, 7) is 4.20. The molecule has 2 rings (SSSR count). The molecule has 0 bridgehead atoms. The van der Waals surface area contributed by atoms with E-state index in [1.807, 2.05) is 26.0 Å². The number of carbonyl (C=O) groups excluding carboxylic acids is 1. The molecule has 0 aliphatic carbocycles. The predicted octanol–water partition coefficient (Wildman–Crippen LogP) is 0.480. The predicted molar refractivity (Wildman–Crippen MR) is 79.4 cm³/mol. The normalized spacial score (nSPS) is 10.6. The topological polar surface area (TPSA) is 92.9 Å². The second kappa shape index (κ2) is 7.19. The first-order chi connectivity index (χ1) is 10.1. The highest BCUT2D eigenvalue weighted by atomic mass is 32.2. The number of carbonyl (C=O) groups is 1. The lowest BCUT2D eigenvalue weighted by Crippen LogP contribution is -2.28. The summed E-state index contributed by atoms with van der Waals surface area (Å²) in [7, 11) is 0. The zero-order valence-corrected chi connectivity index (χ0v) is 12.7. The van der Waals surface area contributed by atoms with Gasteiger partial charge in [-0.2, -0.15) is 4.68 Å². The number of hydrogen-bond acceptors (Lipinski definition) is 6. The molecule has 1 aromatic carbocycles. The number of aromatic nitrogens is 4. The van der Waals surface area contributed by atoms with Crippen LogP contribution in [0.15, 0.2) is 23.4 Å². The van der Waals surface area contributed by atoms with E-state index in [1.165, 1.54) is 17.3 Å². The number of tetrazole rings is 1. The summed E-state index contributed by atoms with van der Waals surface area (Å²) in [5, 5.41) is 23.4. The molecule has 1 heterocycles. The van der Waals surface area contributed by atoms with Crippen LogP contribution in [0.5, 0.6) is 0 Å². The molecule has 0 radical (unpaired) electrons. The highest BCUT2D eigenvalue weighted by Crippen LogP contribution is 2.21. The molecule has 0 spiro atoms. The summed E-state index contributed by atoms with van der Waals surface area (Å²) in [5.74, 6) is 0.0369. The van der Waals surface area contributed by atoms with Crippen molar-refractivity contribution >= 4 is 17.7 Å². The van der Waals surface area contributed by atoms with E-state index in [2.05, 4.69) is 26.9 Å². The average molecular weight is 307 g/mol. The Bertz CT molecular complexity index is 629. The number of aliphatic hydroxyl groups excluding tert-OH is 1. The number of thioether (sulfide) groups is 1. The van der Waals surface area contributed by atoms with Crippen LogP contribution in [0, 0.1) is 13.8 Å². The van der Waals surface area contributed by atoms with E-state index in [9.17, 15) is 4.79 Å². The third-order valence-corrected chi connectivity index (χ3v) is 3.71. The van der Waals surface area contributed by atoms with Crippen molar-refractivity contribution in [1.82, 2.24) is 25.5 Å². The lowest BCUT2D eigenvalue weighted by molar-refractivity contribution is -0.118. The summed E-state index contributed by atoms with van der Waals surface area (Å²) in [6, 6.07) is 6.00. The Morgan fingerprint density at radius 1 is 1.43 bits per heavy atom. The number of aryl methyl sites for hydroxylation is 2. The zero-order chi connectivity index (χ0) is 15.2. The summed E-state index contributed by atoms with van der Waals surface area (Å²) >= 11 is 1.25. The second-order valence-corrected chi connectivity index (χ2v) is 5.47. The molecule has 21 heavy (non-hydrogen) atoms. The van der Waals surface area contributed by atoms with E-state index < -0.39 is 0 Å². The van der Waals surface area contributed by atoms with Gasteiger partial charge in [-0.1, -0.05) is 29.5 Å². The minimum Gasteiger partial charge on any atom is -0.395 e. The SMILES string of the molecule is Cc1ccc(-n2nnnc2SCC(=O)NCCO)c(C)c1. The molecule has 2 N–H and O–H groups in total. The molecular formula is C13H17N5O2S. The van der Waals surface area contributed by atoms with E-state index in [1.54, 1.807) is 4.68 Å². The van der Waals surface area contributed by atoms with Crippen LogP contribution in [0.3, 0.4) is 0 Å². The minimum atomic E-state index is -0.163. The van der Waals surface area contributed by atoms with Gasteiger partial charge in [0.05, 0.1) is 18.0 Å². The van der Waals surface area contributed by atoms with Crippen LogP contribution in [0.25, 0.3) is 5.69 Å². The van der Waals surface area contributed by atoms with Crippen LogP contribution in [0.4, 0.5) is 0 Å². The van der Waals surface area contributed by atoms with Gasteiger partial charge >= 0.3 is 0 Å². The van der Waals surface area contributed by atoms with E-state index in [-0.39, 0.29) is 24.8 Å². The molecule has 0 saturated carbocycles. The Hall–Kier alpha value is -1.93. The molecule has 112 valence electrons. The van der Waals surface area contributed by atoms with E-state index in [4.69, 9.17) is 5.11 Å². The third kappa shape index (κ3) is 4.02. The Balaban J connectivity index is 2.10. The fourth-order valence-electron chi connectivity index (χ4n) is 1.84. The lowest BCUT2D eigenvalue weighted by Gasteiger charge is -2.08. The van der Waals surface area contributed by atoms with Gasteiger partial charge in [0.15, 0.2) is 0 Å². The smallest absolute Gasteiger partial charge is 0.230 e. The number of aliphatic hydroxyl groups is 1. The zero-order valence-electron chi connectivity index (χ0n) is 11.9. The monoisotopic (exact) mass is 307 g/mol. The van der Waals surface area contributed by atoms with Gasteiger partial charge in [-0.3, -0.25) is 4.79 Å². The molecule has 0 saturated heterocycles. The van der Waals surface area contributed by atoms with Gasteiger partial charge in [-0.05, 0) is 35.9 Å². The van der Waals surface area contributed by atoms with Crippen LogP contribution >= 0.6 is 11.8 Å². The molecule has 2 aromatic rings. The van der Waals surface area contributed by atoms with Gasteiger partial charge in [0.25, 0.3) is 0 Å². The van der Waals surface area contributed by atoms with Crippen molar-refractivity contribution in [2.24, 2.45) is 0 Å². The van der Waals surface area contributed by atoms with Gasteiger partial charge in [-0.25, -0.2) is 0 Å². The molecule has 0 aliphatic rings. The minimum absolute atomic E-state index is 0.0727. The van der Waals surface area contributed by atoms with Gasteiger partial charge in [0.1, 0.15) is 0 Å². The Kier molecular flexibility index (Phi) is 5.29. The highest BCUT2D eigenvalue weighted by Gasteiger charge is 2.12. The van der Waals surface area contributed by atoms with E-state index in [0.29, 0.717) is 5.16 Å². The molecule has 1 aromatic heterocycles. The Morgan fingerprint density at radius 3 is 2.95 bits per heavy atom. The first-order valence-electron chi connectivity index (χ1n) is 6.48. The van der Waals surface area contributed by atoms with E-state index in [0.717, 1.165) is 11.3 Å². The highest BCUT2D eigenvalue weighted by molar-refractivity contribution is 7.99. The molecule has 0 unspecified atom stereocenters. The van der Waals surface area contributed by atoms with Gasteiger partial charge in [0.2, 0.25) is 11.1 Å². The van der Waals surface area contributed by atoms with Crippen molar-refractivity contribution in [2.45, 2.75) is 19.0 Å². The molecule has 1 amide bonds. The number of nitrogens with one attached hydrogen (secondary N) is 1. The number of benzene rings is 1. The van der Waals surface area contributed by atoms with Crippen LogP contribution in [0.1, 0.15) is 11.1 Å². The number of amides is 1. The van der Waals surface area contributed by atoms with Crippen LogP contribution in [-0.4, -0.2) is 50.1 Å². The maximum atomic E-state index is 11.5. The first-order valence-corrected chi connectivity index (χ1v) is 7.46. The Labute approximate surface area is 126 Å². The van der Waals surface area contributed by atoms with Crippen molar-refractivity contribution in [3.05, 3.63) is 29.3 Å². The van der Waals surface area contributed by atoms with Crippen LogP contribution in [0.2, 0.25) is 0 Å². The molecular weight excluding hydrogens is 290 g/mol. The molecule has 8 heteroatoms. The van der Waals surface area contributed by atoms with Crippen molar-refractivity contribution < 1.29 is 9.90 Å². The summed E-state index contributed by atoms with van der Waals surface area (Å²) in [6.07, 6.45) is 0. The Morgan fingerprint density at radius 2 is 2.24 bits per heavy atom. The largest absolute Gasteiger partial charge is 0.395 e. The van der Waals surface area contributed by atoms with Gasteiger partial charge < -0.3 is 10.4 Å². The van der Waals surface area contributed by atoms with Gasteiger partial charge in [0, 0.05) is 6.54 Å². The number of rotatable bonds is 6. The molecule has 0 fully saturated rings. The fourth-order valence-corrected chi connectivity index (χ4v) is 2.55. The molecule has 7 nitrogen and oxygen atoms in total. The summed E-state index contributed by atoms with van der Waals surface area (Å²) in [5.41, 5.74) is 3.12. The third-order valence-electron chi connectivity index (χ3n) is 2.79. The fraction of sp³-hybridized carbons (Fsp3) is 0.385. The molecule has 0 aliphatic heterocycles. The van der Waals surface area contributed by atoms with Crippen LogP contribution < -0.4 is 5.32 Å².